The molecular weight excluding hydrogens is 196 g/mol. The Bertz CT molecular complexity index is 121. The maximum atomic E-state index is 3.63. The van der Waals surface area contributed by atoms with Crippen LogP contribution in [0.4, 0.5) is 0 Å². The number of aromatic nitrogens is 2. The van der Waals surface area contributed by atoms with Crippen molar-refractivity contribution in [3.05, 3.63) is 10.5 Å². The standard InChI is InChI=1S/C3H3N2S.B.Y/c1-3-5-4-2-6-3;;/h1H3;;/q-1;;. The van der Waals surface area contributed by atoms with Crippen LogP contribution in [-0.4, -0.2) is 18.6 Å². The Morgan fingerprint density at radius 1 is 1.62 bits per heavy atom. The number of aryl methyl sites for hydroxylation is 1. The van der Waals surface area contributed by atoms with Crippen LogP contribution in [0.1, 0.15) is 5.01 Å². The minimum atomic E-state index is 0. The Balaban J connectivity index is 0. The maximum Gasteiger partial charge on any atom is 0 e. The van der Waals surface area contributed by atoms with E-state index in [1.54, 1.807) is 0 Å². The zero-order valence-corrected chi connectivity index (χ0v) is 8.11. The third kappa shape index (κ3) is 3.70. The molecule has 1 rings (SSSR count). The monoisotopic (exact) mass is 199 g/mol. The van der Waals surface area contributed by atoms with Crippen LogP contribution in [0.2, 0.25) is 0 Å². The van der Waals surface area contributed by atoms with Crippen LogP contribution in [0.25, 0.3) is 0 Å². The van der Waals surface area contributed by atoms with Crippen LogP contribution in [0.5, 0.6) is 0 Å². The largest absolute Gasteiger partial charge is 0.316 e. The van der Waals surface area contributed by atoms with E-state index >= 15 is 0 Å². The zero-order valence-electron chi connectivity index (χ0n) is 4.46. The molecule has 0 fully saturated rings. The fourth-order valence-corrected chi connectivity index (χ4v) is 0.493. The fourth-order valence-electron chi connectivity index (χ4n) is 0.198. The van der Waals surface area contributed by atoms with Gasteiger partial charge in [0.05, 0.1) is 0 Å². The first-order valence-corrected chi connectivity index (χ1v) is 2.37. The smallest absolute Gasteiger partial charge is 0 e. The van der Waals surface area contributed by atoms with Crippen molar-refractivity contribution in [2.75, 3.05) is 0 Å². The molecule has 0 aliphatic heterocycles. The molecule has 0 bridgehead atoms. The van der Waals surface area contributed by atoms with E-state index in [9.17, 15) is 0 Å². The van der Waals surface area contributed by atoms with Gasteiger partial charge in [-0.05, 0) is 5.01 Å². The van der Waals surface area contributed by atoms with Gasteiger partial charge in [0.2, 0.25) is 0 Å². The first kappa shape index (κ1) is 11.5. The molecule has 0 saturated carbocycles. The zero-order chi connectivity index (χ0) is 4.41. The summed E-state index contributed by atoms with van der Waals surface area (Å²) in [7, 11) is 0. The molecule has 0 N–H and O–H groups in total. The van der Waals surface area contributed by atoms with Gasteiger partial charge in [0.15, 0.2) is 0 Å². The molecule has 0 spiro atoms. The third-order valence-electron chi connectivity index (χ3n) is 0.425. The second-order valence-electron chi connectivity index (χ2n) is 0.912. The van der Waals surface area contributed by atoms with Gasteiger partial charge in [-0.1, -0.05) is 12.4 Å². The van der Waals surface area contributed by atoms with Crippen LogP contribution < -0.4 is 0 Å². The molecule has 5 heteroatoms. The van der Waals surface area contributed by atoms with E-state index in [0.29, 0.717) is 0 Å². The van der Waals surface area contributed by atoms with Crippen LogP contribution in [-0.2, 0) is 32.7 Å². The van der Waals surface area contributed by atoms with Gasteiger partial charge in [-0.3, -0.25) is 10.2 Å². The normalized spacial score (nSPS) is 6.62. The van der Waals surface area contributed by atoms with E-state index < -0.39 is 0 Å². The minimum Gasteiger partial charge on any atom is -0.316 e. The molecule has 1 heterocycles. The summed E-state index contributed by atoms with van der Waals surface area (Å²) in [5, 5.41) is 8.06. The van der Waals surface area contributed by atoms with Gasteiger partial charge >= 0.3 is 0 Å². The number of rotatable bonds is 0. The topological polar surface area (TPSA) is 25.8 Å². The summed E-state index contributed by atoms with van der Waals surface area (Å²) >= 11 is 1.43. The van der Waals surface area contributed by atoms with Gasteiger partial charge < -0.3 is 11.3 Å². The van der Waals surface area contributed by atoms with Crippen LogP contribution in [0.3, 0.4) is 0 Å². The van der Waals surface area contributed by atoms with Gasteiger partial charge in [0.1, 0.15) is 0 Å². The average Bonchev–Trinajstić information content (AvgIpc) is 1.86. The van der Waals surface area contributed by atoms with Crippen LogP contribution in [0.15, 0.2) is 0 Å². The third-order valence-corrected chi connectivity index (χ3v) is 0.975. The first-order chi connectivity index (χ1) is 2.89. The van der Waals surface area contributed by atoms with Crippen molar-refractivity contribution < 1.29 is 32.7 Å². The van der Waals surface area contributed by atoms with Crippen molar-refractivity contribution in [3.63, 3.8) is 0 Å². The molecule has 0 unspecified atom stereocenters. The summed E-state index contributed by atoms with van der Waals surface area (Å²) in [5.74, 6) is 0. The van der Waals surface area contributed by atoms with Gasteiger partial charge in [-0.25, -0.2) is 0 Å². The summed E-state index contributed by atoms with van der Waals surface area (Å²) in [6.45, 7) is 1.90. The Morgan fingerprint density at radius 3 is 2.38 bits per heavy atom. The van der Waals surface area contributed by atoms with E-state index in [1.165, 1.54) is 11.3 Å². The molecule has 38 valence electrons. The summed E-state index contributed by atoms with van der Waals surface area (Å²) < 4.78 is 0. The van der Waals surface area contributed by atoms with Crippen LogP contribution in [0, 0.1) is 12.4 Å². The number of nitrogens with zero attached hydrogens (tertiary/aromatic N) is 2. The van der Waals surface area contributed by atoms with Gasteiger partial charge in [-0.2, -0.15) is 0 Å². The van der Waals surface area contributed by atoms with E-state index in [2.05, 4.69) is 15.7 Å². The van der Waals surface area contributed by atoms with Gasteiger partial charge in [-0.15, -0.1) is 0 Å². The molecular formula is C3H3BN2SY-. The SMILES string of the molecule is Cc1nn[c-]s1.[B].[Y]. The van der Waals surface area contributed by atoms with Crippen molar-refractivity contribution in [1.29, 1.82) is 0 Å². The summed E-state index contributed by atoms with van der Waals surface area (Å²) in [4.78, 5) is 0. The van der Waals surface area contributed by atoms with Crippen molar-refractivity contribution >= 4 is 19.7 Å². The molecule has 0 aliphatic carbocycles. The Labute approximate surface area is 79.6 Å². The summed E-state index contributed by atoms with van der Waals surface area (Å²) in [6, 6.07) is 0. The molecule has 1 aromatic heterocycles. The molecule has 2 nitrogen and oxygen atoms in total. The Kier molecular flexibility index (Phi) is 8.43. The number of hydrogen-bond acceptors (Lipinski definition) is 3. The van der Waals surface area contributed by atoms with Crippen LogP contribution >= 0.6 is 11.3 Å². The Hall–Kier alpha value is 0.729. The van der Waals surface area contributed by atoms with E-state index in [-0.39, 0.29) is 41.1 Å². The molecule has 8 heavy (non-hydrogen) atoms. The van der Waals surface area contributed by atoms with Crippen molar-refractivity contribution in [1.82, 2.24) is 10.2 Å². The summed E-state index contributed by atoms with van der Waals surface area (Å²) in [6.07, 6.45) is 0. The van der Waals surface area contributed by atoms with Crippen molar-refractivity contribution in [2.45, 2.75) is 6.92 Å². The molecule has 0 aliphatic rings. The molecule has 0 amide bonds. The quantitative estimate of drug-likeness (QED) is 0.442. The van der Waals surface area contributed by atoms with E-state index in [0.717, 1.165) is 5.01 Å². The second-order valence-corrected chi connectivity index (χ2v) is 1.89. The van der Waals surface area contributed by atoms with Crippen molar-refractivity contribution in [2.24, 2.45) is 0 Å². The molecule has 0 aromatic carbocycles. The van der Waals surface area contributed by atoms with Crippen molar-refractivity contribution in [3.8, 4) is 0 Å². The first-order valence-electron chi connectivity index (χ1n) is 1.56. The average molecular weight is 199 g/mol. The minimum absolute atomic E-state index is 0. The fraction of sp³-hybridized carbons (Fsp3) is 0.333. The predicted octanol–water partition coefficient (Wildman–Crippen LogP) is 0.263. The number of hydrogen-bond donors (Lipinski definition) is 0. The van der Waals surface area contributed by atoms with Gasteiger partial charge in [0, 0.05) is 41.1 Å². The molecule has 1 aromatic rings. The molecule has 0 atom stereocenters. The van der Waals surface area contributed by atoms with Gasteiger partial charge in [0.25, 0.3) is 0 Å². The predicted molar refractivity (Wildman–Crippen MR) is 29.2 cm³/mol. The molecule has 4 radical (unpaired) electrons. The Morgan fingerprint density at radius 2 is 2.25 bits per heavy atom. The molecule has 0 saturated heterocycles. The van der Waals surface area contributed by atoms with E-state index in [4.69, 9.17) is 0 Å². The second kappa shape index (κ2) is 5.86. The summed E-state index contributed by atoms with van der Waals surface area (Å²) in [5.41, 5.74) is 2.61. The van der Waals surface area contributed by atoms with E-state index in [1.807, 2.05) is 6.92 Å². The maximum absolute atomic E-state index is 3.63.